The maximum atomic E-state index is 13.9. The van der Waals surface area contributed by atoms with E-state index in [0.29, 0.717) is 17.2 Å². The van der Waals surface area contributed by atoms with Crippen LogP contribution in [0.3, 0.4) is 0 Å². The van der Waals surface area contributed by atoms with Crippen LogP contribution in [0.1, 0.15) is 0 Å². The molecule has 0 aliphatic rings. The minimum atomic E-state index is -0.413. The quantitative estimate of drug-likeness (QED) is 0.703. The van der Waals surface area contributed by atoms with Crippen molar-refractivity contribution in [2.24, 2.45) is 0 Å². The Bertz CT molecular complexity index is 718. The van der Waals surface area contributed by atoms with E-state index in [1.165, 1.54) is 6.07 Å². The monoisotopic (exact) mass is 306 g/mol. The fraction of sp³-hybridized carbons (Fsp3) is 0. The summed E-state index contributed by atoms with van der Waals surface area (Å²) in [6, 6.07) is 8.19. The molecule has 4 nitrogen and oxygen atoms in total. The molecule has 2 N–H and O–H groups in total. The first-order valence-electron chi connectivity index (χ1n) is 5.21. The van der Waals surface area contributed by atoms with Crippen molar-refractivity contribution in [2.45, 2.75) is 0 Å². The van der Waals surface area contributed by atoms with Crippen molar-refractivity contribution in [3.8, 4) is 11.4 Å². The number of hydrogen-bond acceptors (Lipinski definition) is 3. The van der Waals surface area contributed by atoms with Gasteiger partial charge in [0.25, 0.3) is 0 Å². The molecule has 2 aromatic heterocycles. The average Bonchev–Trinajstić information content (AvgIpc) is 2.72. The lowest BCUT2D eigenvalue weighted by atomic mass is 10.1. The molecule has 0 bridgehead atoms. The highest BCUT2D eigenvalue weighted by atomic mass is 79.9. The van der Waals surface area contributed by atoms with E-state index in [4.69, 9.17) is 5.73 Å². The van der Waals surface area contributed by atoms with E-state index >= 15 is 0 Å². The van der Waals surface area contributed by atoms with Crippen LogP contribution in [-0.2, 0) is 0 Å². The Labute approximate surface area is 110 Å². The third kappa shape index (κ3) is 1.65. The van der Waals surface area contributed by atoms with E-state index < -0.39 is 5.82 Å². The first-order chi connectivity index (χ1) is 8.66. The van der Waals surface area contributed by atoms with E-state index in [2.05, 4.69) is 26.1 Å². The van der Waals surface area contributed by atoms with Crippen LogP contribution >= 0.6 is 15.9 Å². The third-order valence-corrected chi connectivity index (χ3v) is 3.10. The molecule has 3 rings (SSSR count). The summed E-state index contributed by atoms with van der Waals surface area (Å²) < 4.78 is 16.4. The molecule has 18 heavy (non-hydrogen) atoms. The molecule has 0 radical (unpaired) electrons. The van der Waals surface area contributed by atoms with Gasteiger partial charge in [0.1, 0.15) is 5.82 Å². The molecular formula is C12H8BrFN4. The van der Waals surface area contributed by atoms with Gasteiger partial charge in [-0.05, 0) is 40.2 Å². The highest BCUT2D eigenvalue weighted by Crippen LogP contribution is 2.28. The summed E-state index contributed by atoms with van der Waals surface area (Å²) in [5.74, 6) is -0.0221. The van der Waals surface area contributed by atoms with Gasteiger partial charge in [-0.2, -0.15) is 0 Å². The maximum absolute atomic E-state index is 13.9. The summed E-state index contributed by atoms with van der Waals surface area (Å²) in [6.45, 7) is 0. The number of fused-ring (bicyclic) bond motifs is 1. The lowest BCUT2D eigenvalue weighted by Gasteiger charge is -2.05. The van der Waals surface area contributed by atoms with Crippen molar-refractivity contribution in [2.75, 3.05) is 5.73 Å². The first-order valence-corrected chi connectivity index (χ1v) is 6.01. The summed E-state index contributed by atoms with van der Waals surface area (Å²) >= 11 is 3.36. The largest absolute Gasteiger partial charge is 0.398 e. The number of aromatic nitrogens is 3. The van der Waals surface area contributed by atoms with Gasteiger partial charge in [0.2, 0.25) is 0 Å². The zero-order chi connectivity index (χ0) is 12.7. The number of nitrogen functional groups attached to an aromatic ring is 1. The molecule has 0 saturated heterocycles. The zero-order valence-corrected chi connectivity index (χ0v) is 10.7. The Hall–Kier alpha value is -1.95. The summed E-state index contributed by atoms with van der Waals surface area (Å²) in [5.41, 5.74) is 7.05. The molecule has 0 amide bonds. The van der Waals surface area contributed by atoms with Crippen LogP contribution in [0.25, 0.3) is 17.0 Å². The Morgan fingerprint density at radius 2 is 2.00 bits per heavy atom. The summed E-state index contributed by atoms with van der Waals surface area (Å²) in [4.78, 5) is 0. The Kier molecular flexibility index (Phi) is 2.52. The van der Waals surface area contributed by atoms with Gasteiger partial charge in [-0.3, -0.25) is 4.40 Å². The van der Waals surface area contributed by atoms with Gasteiger partial charge in [0, 0.05) is 16.4 Å². The minimum Gasteiger partial charge on any atom is -0.398 e. The van der Waals surface area contributed by atoms with Gasteiger partial charge in [-0.1, -0.05) is 6.07 Å². The van der Waals surface area contributed by atoms with Crippen molar-refractivity contribution in [3.63, 3.8) is 0 Å². The fourth-order valence-corrected chi connectivity index (χ4v) is 2.15. The molecule has 3 aromatic rings. The molecule has 0 aliphatic heterocycles. The zero-order valence-electron chi connectivity index (χ0n) is 9.14. The third-order valence-electron chi connectivity index (χ3n) is 2.64. The molecule has 0 unspecified atom stereocenters. The van der Waals surface area contributed by atoms with Crippen molar-refractivity contribution in [1.29, 1.82) is 0 Å². The number of benzene rings is 1. The smallest absolute Gasteiger partial charge is 0.173 e. The minimum absolute atomic E-state index is 0.267. The number of hydrogen-bond donors (Lipinski definition) is 1. The molecular weight excluding hydrogens is 299 g/mol. The molecule has 0 aliphatic carbocycles. The van der Waals surface area contributed by atoms with Crippen LogP contribution in [0.15, 0.2) is 41.0 Å². The van der Waals surface area contributed by atoms with Crippen LogP contribution in [0.2, 0.25) is 0 Å². The number of nitrogens with two attached hydrogens (primary N) is 1. The second kappa shape index (κ2) is 4.06. The predicted molar refractivity (Wildman–Crippen MR) is 70.5 cm³/mol. The summed E-state index contributed by atoms with van der Waals surface area (Å²) in [5, 5.41) is 7.99. The lowest BCUT2D eigenvalue weighted by molar-refractivity contribution is 0.630. The van der Waals surface area contributed by atoms with Crippen molar-refractivity contribution < 1.29 is 4.39 Å². The standard InChI is InChI=1S/C12H8BrFN4/c13-7-4-5-10-16-17-12(18(10)6-7)11-8(14)2-1-3-9(11)15/h1-6H,15H2. The Morgan fingerprint density at radius 3 is 2.78 bits per heavy atom. The number of rotatable bonds is 1. The second-order valence-corrected chi connectivity index (χ2v) is 4.72. The van der Waals surface area contributed by atoms with Crippen molar-refractivity contribution >= 4 is 27.3 Å². The highest BCUT2D eigenvalue weighted by Gasteiger charge is 2.15. The van der Waals surface area contributed by atoms with Crippen molar-refractivity contribution in [3.05, 3.63) is 46.8 Å². The van der Waals surface area contributed by atoms with Gasteiger partial charge < -0.3 is 5.73 Å². The van der Waals surface area contributed by atoms with E-state index in [1.807, 2.05) is 6.07 Å². The van der Waals surface area contributed by atoms with E-state index in [-0.39, 0.29) is 5.56 Å². The number of nitrogens with zero attached hydrogens (tertiary/aromatic N) is 3. The van der Waals surface area contributed by atoms with Crippen LogP contribution in [0, 0.1) is 5.82 Å². The number of pyridine rings is 1. The van der Waals surface area contributed by atoms with Crippen LogP contribution in [0.4, 0.5) is 10.1 Å². The normalized spacial score (nSPS) is 11.0. The van der Waals surface area contributed by atoms with E-state index in [1.54, 1.807) is 28.8 Å². The maximum Gasteiger partial charge on any atom is 0.173 e. The van der Waals surface area contributed by atoms with E-state index in [9.17, 15) is 4.39 Å². The SMILES string of the molecule is Nc1cccc(F)c1-c1nnc2ccc(Br)cn12. The van der Waals surface area contributed by atoms with Crippen LogP contribution < -0.4 is 5.73 Å². The van der Waals surface area contributed by atoms with Crippen LogP contribution in [0.5, 0.6) is 0 Å². The average molecular weight is 307 g/mol. The summed E-state index contributed by atoms with van der Waals surface area (Å²) in [6.07, 6.45) is 1.77. The fourth-order valence-electron chi connectivity index (χ4n) is 1.81. The molecule has 0 saturated carbocycles. The molecule has 1 aromatic carbocycles. The Morgan fingerprint density at radius 1 is 1.17 bits per heavy atom. The molecule has 90 valence electrons. The molecule has 0 atom stereocenters. The molecule has 0 spiro atoms. The molecule has 2 heterocycles. The van der Waals surface area contributed by atoms with Gasteiger partial charge in [0.05, 0.1) is 5.56 Å². The van der Waals surface area contributed by atoms with Gasteiger partial charge >= 0.3 is 0 Å². The number of anilines is 1. The van der Waals surface area contributed by atoms with Crippen molar-refractivity contribution in [1.82, 2.24) is 14.6 Å². The van der Waals surface area contributed by atoms with E-state index in [0.717, 1.165) is 4.47 Å². The summed E-state index contributed by atoms with van der Waals surface area (Å²) in [7, 11) is 0. The van der Waals surface area contributed by atoms with Gasteiger partial charge in [-0.25, -0.2) is 4.39 Å². The topological polar surface area (TPSA) is 56.2 Å². The molecule has 0 fully saturated rings. The predicted octanol–water partition coefficient (Wildman–Crippen LogP) is 2.88. The number of halogens is 2. The lowest BCUT2D eigenvalue weighted by Crippen LogP contribution is -1.97. The first kappa shape index (κ1) is 11.2. The van der Waals surface area contributed by atoms with Gasteiger partial charge in [0.15, 0.2) is 11.5 Å². The van der Waals surface area contributed by atoms with Crippen LogP contribution in [-0.4, -0.2) is 14.6 Å². The molecule has 6 heteroatoms. The highest BCUT2D eigenvalue weighted by molar-refractivity contribution is 9.10. The second-order valence-electron chi connectivity index (χ2n) is 3.80. The Balaban J connectivity index is 2.35. The van der Waals surface area contributed by atoms with Gasteiger partial charge in [-0.15, -0.1) is 10.2 Å².